The maximum atomic E-state index is 13.7. The molecular formula is C30H30F3N5O4. The van der Waals surface area contributed by atoms with E-state index in [1.54, 1.807) is 31.5 Å². The summed E-state index contributed by atoms with van der Waals surface area (Å²) in [5, 5.41) is 3.42. The monoisotopic (exact) mass is 581 g/mol. The van der Waals surface area contributed by atoms with E-state index < -0.39 is 30.8 Å². The van der Waals surface area contributed by atoms with Gasteiger partial charge in [-0.1, -0.05) is 24.3 Å². The number of nitrogens with one attached hydrogen (secondary N) is 2. The number of rotatable bonds is 7. The third kappa shape index (κ3) is 6.03. The van der Waals surface area contributed by atoms with Gasteiger partial charge in [-0.3, -0.25) is 15.0 Å². The Morgan fingerprint density at radius 2 is 1.90 bits per heavy atom. The maximum Gasteiger partial charge on any atom is 0.411 e. The molecule has 1 aliphatic rings. The number of fused-ring (bicyclic) bond motifs is 1. The summed E-state index contributed by atoms with van der Waals surface area (Å²) in [6.07, 6.45) is -1.15. The molecule has 0 bridgehead atoms. The molecule has 1 fully saturated rings. The molecule has 1 saturated heterocycles. The van der Waals surface area contributed by atoms with Crippen molar-refractivity contribution >= 4 is 28.7 Å². The van der Waals surface area contributed by atoms with Crippen molar-refractivity contribution in [3.8, 4) is 28.0 Å². The van der Waals surface area contributed by atoms with Gasteiger partial charge < -0.3 is 19.4 Å². The number of nitrogens with zero attached hydrogens (tertiary/aromatic N) is 3. The smallest absolute Gasteiger partial charge is 0.411 e. The number of carbonyl (C=O) groups is 2. The Labute approximate surface area is 240 Å². The number of hydrogen-bond donors (Lipinski definition) is 2. The Bertz CT molecular complexity index is 1620. The average molecular weight is 582 g/mol. The van der Waals surface area contributed by atoms with Gasteiger partial charge in [-0.05, 0) is 43.3 Å². The minimum absolute atomic E-state index is 0.131. The van der Waals surface area contributed by atoms with Crippen molar-refractivity contribution in [2.45, 2.75) is 18.6 Å². The van der Waals surface area contributed by atoms with E-state index in [2.05, 4.69) is 15.3 Å². The Kier molecular flexibility index (Phi) is 8.08. The van der Waals surface area contributed by atoms with Crippen LogP contribution in [-0.4, -0.2) is 84.9 Å². The molecule has 4 aromatic rings. The molecule has 220 valence electrons. The highest BCUT2D eigenvalue weighted by molar-refractivity contribution is 6.04. The lowest BCUT2D eigenvalue weighted by molar-refractivity contribution is -0.146. The lowest BCUT2D eigenvalue weighted by Crippen LogP contribution is -2.41. The van der Waals surface area contributed by atoms with Crippen LogP contribution in [-0.2, 0) is 4.74 Å². The SMILES string of the molecule is COC(=O)Nc1ccc(-c2cnc3[nH]cc(-c4ccccc4OC)c3c2)cc1C(=O)N1CCC(N(C)CC(F)(F)F)C1. The summed E-state index contributed by atoms with van der Waals surface area (Å²) in [5.41, 5.74) is 4.26. The van der Waals surface area contributed by atoms with Gasteiger partial charge in [0.05, 0.1) is 32.0 Å². The van der Waals surface area contributed by atoms with Crippen molar-refractivity contribution in [1.29, 1.82) is 0 Å². The van der Waals surface area contributed by atoms with Gasteiger partial charge in [0.1, 0.15) is 11.4 Å². The van der Waals surface area contributed by atoms with Crippen molar-refractivity contribution < 1.29 is 32.2 Å². The summed E-state index contributed by atoms with van der Waals surface area (Å²) in [6.45, 7) is -0.644. The maximum absolute atomic E-state index is 13.7. The van der Waals surface area contributed by atoms with Crippen molar-refractivity contribution in [2.75, 3.05) is 46.2 Å². The Morgan fingerprint density at radius 3 is 2.64 bits per heavy atom. The van der Waals surface area contributed by atoms with Crippen molar-refractivity contribution in [3.05, 3.63) is 66.5 Å². The normalized spacial score (nSPS) is 15.3. The van der Waals surface area contributed by atoms with Crippen LogP contribution < -0.4 is 10.1 Å². The molecule has 0 saturated carbocycles. The number of methoxy groups -OCH3 is 2. The fourth-order valence-corrected chi connectivity index (χ4v) is 5.29. The summed E-state index contributed by atoms with van der Waals surface area (Å²) in [6, 6.07) is 14.2. The zero-order valence-electron chi connectivity index (χ0n) is 23.3. The van der Waals surface area contributed by atoms with Crippen molar-refractivity contribution in [3.63, 3.8) is 0 Å². The molecule has 1 unspecified atom stereocenters. The second-order valence-corrected chi connectivity index (χ2v) is 10.1. The quantitative estimate of drug-likeness (QED) is 0.287. The molecule has 3 heterocycles. The fourth-order valence-electron chi connectivity index (χ4n) is 5.29. The fraction of sp³-hybridized carbons (Fsp3) is 0.300. The van der Waals surface area contributed by atoms with E-state index in [9.17, 15) is 22.8 Å². The highest BCUT2D eigenvalue weighted by atomic mass is 19.4. The third-order valence-electron chi connectivity index (χ3n) is 7.44. The number of amides is 2. The van der Waals surface area contributed by atoms with Crippen LogP contribution in [0.2, 0.25) is 0 Å². The number of aromatic nitrogens is 2. The second-order valence-electron chi connectivity index (χ2n) is 10.1. The molecule has 2 N–H and O–H groups in total. The van der Waals surface area contributed by atoms with Crippen LogP contribution >= 0.6 is 0 Å². The molecule has 9 nitrogen and oxygen atoms in total. The molecule has 2 aromatic carbocycles. The van der Waals surface area contributed by atoms with Crippen LogP contribution in [0.15, 0.2) is 60.9 Å². The number of H-pyrrole nitrogens is 1. The molecule has 5 rings (SSSR count). The summed E-state index contributed by atoms with van der Waals surface area (Å²) in [5.74, 6) is 0.302. The minimum Gasteiger partial charge on any atom is -0.496 e. The number of pyridine rings is 1. The predicted octanol–water partition coefficient (Wildman–Crippen LogP) is 5.79. The summed E-state index contributed by atoms with van der Waals surface area (Å²) in [4.78, 5) is 36.2. The topological polar surface area (TPSA) is 99.8 Å². The molecule has 0 spiro atoms. The number of carbonyl (C=O) groups excluding carboxylic acids is 2. The van der Waals surface area contributed by atoms with E-state index in [4.69, 9.17) is 9.47 Å². The van der Waals surface area contributed by atoms with E-state index in [1.807, 2.05) is 36.5 Å². The lowest BCUT2D eigenvalue weighted by atomic mass is 9.99. The molecule has 42 heavy (non-hydrogen) atoms. The molecule has 2 amide bonds. The van der Waals surface area contributed by atoms with Gasteiger partial charge in [0.25, 0.3) is 5.91 Å². The molecule has 1 atom stereocenters. The van der Waals surface area contributed by atoms with Gasteiger partial charge in [0, 0.05) is 53.6 Å². The summed E-state index contributed by atoms with van der Waals surface area (Å²) in [7, 11) is 4.22. The summed E-state index contributed by atoms with van der Waals surface area (Å²) >= 11 is 0. The molecule has 0 aliphatic carbocycles. The van der Waals surface area contributed by atoms with Crippen LogP contribution in [0.4, 0.5) is 23.7 Å². The first-order chi connectivity index (χ1) is 20.1. The number of para-hydroxylation sites is 1. The zero-order valence-corrected chi connectivity index (χ0v) is 23.3. The molecule has 0 radical (unpaired) electrons. The highest BCUT2D eigenvalue weighted by Gasteiger charge is 2.36. The zero-order chi connectivity index (χ0) is 30.0. The first-order valence-corrected chi connectivity index (χ1v) is 13.2. The van der Waals surface area contributed by atoms with E-state index >= 15 is 0 Å². The Hall–Kier alpha value is -4.58. The number of alkyl halides is 3. The molecule has 2 aromatic heterocycles. The number of likely N-dealkylation sites (N-methyl/N-ethyl adjacent to an activating group) is 1. The largest absolute Gasteiger partial charge is 0.496 e. The minimum atomic E-state index is -4.34. The second kappa shape index (κ2) is 11.7. The van der Waals surface area contributed by atoms with Crippen LogP contribution in [0.1, 0.15) is 16.8 Å². The first kappa shape index (κ1) is 28.9. The molecule has 12 heteroatoms. The van der Waals surface area contributed by atoms with E-state index in [0.29, 0.717) is 23.4 Å². The predicted molar refractivity (Wildman–Crippen MR) is 153 cm³/mol. The Balaban J connectivity index is 1.49. The van der Waals surface area contributed by atoms with Crippen molar-refractivity contribution in [1.82, 2.24) is 19.8 Å². The van der Waals surface area contributed by atoms with Gasteiger partial charge >= 0.3 is 12.3 Å². The first-order valence-electron chi connectivity index (χ1n) is 13.2. The highest BCUT2D eigenvalue weighted by Crippen LogP contribution is 2.36. The molecule has 1 aliphatic heterocycles. The standard InChI is InChI=1S/C30H30F3N5O4/c1-37(17-30(31,32)33)20-10-11-38(16-20)28(39)23-12-18(8-9-25(23)36-29(40)42-3)19-13-22-24(15-35-27(22)34-14-19)21-6-4-5-7-26(21)41-2/h4-9,12-15,20H,10-11,16-17H2,1-3H3,(H,34,35)(H,36,40). The van der Waals surface area contributed by atoms with E-state index in [1.165, 1.54) is 24.0 Å². The van der Waals surface area contributed by atoms with E-state index in [0.717, 1.165) is 22.1 Å². The molecular weight excluding hydrogens is 551 g/mol. The van der Waals surface area contributed by atoms with Crippen LogP contribution in [0.5, 0.6) is 5.75 Å². The number of likely N-dealkylation sites (tertiary alicyclic amines) is 1. The summed E-state index contributed by atoms with van der Waals surface area (Å²) < 4.78 is 49.1. The van der Waals surface area contributed by atoms with Crippen molar-refractivity contribution in [2.24, 2.45) is 0 Å². The van der Waals surface area contributed by atoms with E-state index in [-0.39, 0.29) is 24.3 Å². The van der Waals surface area contributed by atoms with Gasteiger partial charge in [0.2, 0.25) is 0 Å². The number of ether oxygens (including phenoxy) is 2. The number of aromatic amines is 1. The van der Waals surface area contributed by atoms with Gasteiger partial charge in [0.15, 0.2) is 0 Å². The number of halogens is 3. The number of hydrogen-bond acceptors (Lipinski definition) is 6. The van der Waals surface area contributed by atoms with Crippen LogP contribution in [0, 0.1) is 0 Å². The number of benzene rings is 2. The average Bonchev–Trinajstić information content (AvgIpc) is 3.64. The van der Waals surface area contributed by atoms with Gasteiger partial charge in [-0.25, -0.2) is 9.78 Å². The lowest BCUT2D eigenvalue weighted by Gasteiger charge is -2.26. The Morgan fingerprint density at radius 1 is 1.12 bits per heavy atom. The van der Waals surface area contributed by atoms with Gasteiger partial charge in [-0.15, -0.1) is 0 Å². The van der Waals surface area contributed by atoms with Gasteiger partial charge in [-0.2, -0.15) is 13.2 Å². The number of anilines is 1. The van der Waals surface area contributed by atoms with Crippen LogP contribution in [0.3, 0.4) is 0 Å². The third-order valence-corrected chi connectivity index (χ3v) is 7.44. The van der Waals surface area contributed by atoms with Crippen LogP contribution in [0.25, 0.3) is 33.3 Å².